The second-order valence-corrected chi connectivity index (χ2v) is 8.41. The Labute approximate surface area is 198 Å². The van der Waals surface area contributed by atoms with E-state index in [1.807, 2.05) is 60.0 Å². The van der Waals surface area contributed by atoms with Crippen molar-refractivity contribution in [2.75, 3.05) is 31.7 Å². The Bertz CT molecular complexity index is 1280. The summed E-state index contributed by atoms with van der Waals surface area (Å²) < 4.78 is 12.4. The smallest absolute Gasteiger partial charge is 0.309 e. The summed E-state index contributed by atoms with van der Waals surface area (Å²) in [5.41, 5.74) is 4.59. The molecule has 174 valence electrons. The van der Waals surface area contributed by atoms with E-state index in [1.165, 1.54) is 0 Å². The summed E-state index contributed by atoms with van der Waals surface area (Å²) >= 11 is 0. The number of carbonyl (C=O) groups excluding carboxylic acids is 1. The largest absolute Gasteiger partial charge is 0.497 e. The van der Waals surface area contributed by atoms with E-state index < -0.39 is 0 Å². The van der Waals surface area contributed by atoms with Gasteiger partial charge in [0, 0.05) is 36.3 Å². The van der Waals surface area contributed by atoms with Crippen LogP contribution in [-0.4, -0.2) is 47.4 Å². The molecule has 1 aliphatic heterocycles. The van der Waals surface area contributed by atoms with Crippen LogP contribution in [0.25, 0.3) is 28.2 Å². The zero-order chi connectivity index (χ0) is 23.5. The molecule has 34 heavy (non-hydrogen) atoms. The van der Waals surface area contributed by atoms with Crippen LogP contribution in [0.1, 0.15) is 19.8 Å². The van der Waals surface area contributed by atoms with Crippen molar-refractivity contribution in [2.45, 2.75) is 19.8 Å². The Kier molecular flexibility index (Phi) is 6.16. The van der Waals surface area contributed by atoms with E-state index in [4.69, 9.17) is 19.6 Å². The fourth-order valence-electron chi connectivity index (χ4n) is 4.45. The van der Waals surface area contributed by atoms with Crippen LogP contribution >= 0.6 is 0 Å². The van der Waals surface area contributed by atoms with E-state index in [-0.39, 0.29) is 11.9 Å². The molecule has 2 aromatic heterocycles. The standard InChI is InChI=1S/C27H28N4O3/c1-3-34-27(32)21-13-15-30(16-14-21)26-18-23(19-7-5-4-6-8-19)28-25-17-24(29-31(25)26)20-9-11-22(33-2)12-10-20/h4-12,17-18,21H,3,13-16H2,1-2H3. The molecule has 0 saturated carbocycles. The minimum Gasteiger partial charge on any atom is -0.497 e. The van der Waals surface area contributed by atoms with Gasteiger partial charge >= 0.3 is 5.97 Å². The van der Waals surface area contributed by atoms with Gasteiger partial charge in [-0.05, 0) is 44.0 Å². The van der Waals surface area contributed by atoms with Crippen LogP contribution in [0.2, 0.25) is 0 Å². The van der Waals surface area contributed by atoms with Gasteiger partial charge in [0.1, 0.15) is 11.6 Å². The topological polar surface area (TPSA) is 69.0 Å². The number of piperidine rings is 1. The zero-order valence-electron chi connectivity index (χ0n) is 19.5. The number of aromatic nitrogens is 3. The molecule has 3 heterocycles. The highest BCUT2D eigenvalue weighted by Crippen LogP contribution is 2.30. The molecule has 1 saturated heterocycles. The first kappa shape index (κ1) is 21.9. The van der Waals surface area contributed by atoms with Crippen LogP contribution in [0.4, 0.5) is 5.82 Å². The summed E-state index contributed by atoms with van der Waals surface area (Å²) in [5.74, 6) is 1.65. The third kappa shape index (κ3) is 4.33. The molecule has 7 nitrogen and oxygen atoms in total. The van der Waals surface area contributed by atoms with Crippen molar-refractivity contribution in [3.63, 3.8) is 0 Å². The summed E-state index contributed by atoms with van der Waals surface area (Å²) in [4.78, 5) is 19.4. The molecule has 0 spiro atoms. The minimum absolute atomic E-state index is 0.0467. The number of methoxy groups -OCH3 is 1. The van der Waals surface area contributed by atoms with Gasteiger partial charge < -0.3 is 14.4 Å². The van der Waals surface area contributed by atoms with Gasteiger partial charge in [-0.3, -0.25) is 4.79 Å². The number of rotatable bonds is 6. The summed E-state index contributed by atoms with van der Waals surface area (Å²) in [6.07, 6.45) is 1.52. The number of benzene rings is 2. The molecule has 7 heteroatoms. The van der Waals surface area contributed by atoms with Crippen molar-refractivity contribution >= 4 is 17.4 Å². The molecular formula is C27H28N4O3. The Morgan fingerprint density at radius 3 is 2.35 bits per heavy atom. The zero-order valence-corrected chi connectivity index (χ0v) is 19.5. The number of ether oxygens (including phenoxy) is 2. The lowest BCUT2D eigenvalue weighted by molar-refractivity contribution is -0.148. The number of anilines is 1. The first-order valence-corrected chi connectivity index (χ1v) is 11.7. The predicted octanol–water partition coefficient (Wildman–Crippen LogP) is 4.85. The summed E-state index contributed by atoms with van der Waals surface area (Å²) in [6, 6.07) is 22.2. The number of fused-ring (bicyclic) bond motifs is 1. The van der Waals surface area contributed by atoms with Gasteiger partial charge in [0.25, 0.3) is 0 Å². The SMILES string of the molecule is CCOC(=O)C1CCN(c2cc(-c3ccccc3)nc3cc(-c4ccc(OC)cc4)nn23)CC1. The van der Waals surface area contributed by atoms with Crippen molar-refractivity contribution < 1.29 is 14.3 Å². The fourth-order valence-corrected chi connectivity index (χ4v) is 4.45. The predicted molar refractivity (Wildman–Crippen MR) is 132 cm³/mol. The van der Waals surface area contributed by atoms with Gasteiger partial charge in [-0.2, -0.15) is 9.61 Å². The van der Waals surface area contributed by atoms with E-state index in [9.17, 15) is 4.79 Å². The monoisotopic (exact) mass is 456 g/mol. The van der Waals surface area contributed by atoms with Crippen LogP contribution in [0.3, 0.4) is 0 Å². The van der Waals surface area contributed by atoms with Gasteiger partial charge in [-0.15, -0.1) is 0 Å². The molecular weight excluding hydrogens is 428 g/mol. The van der Waals surface area contributed by atoms with Gasteiger partial charge in [-0.25, -0.2) is 4.98 Å². The van der Waals surface area contributed by atoms with E-state index in [0.29, 0.717) is 6.61 Å². The normalized spacial score (nSPS) is 14.4. The van der Waals surface area contributed by atoms with Crippen molar-refractivity contribution in [1.82, 2.24) is 14.6 Å². The molecule has 0 bridgehead atoms. The lowest BCUT2D eigenvalue weighted by Gasteiger charge is -2.32. The Morgan fingerprint density at radius 2 is 1.68 bits per heavy atom. The highest BCUT2D eigenvalue weighted by Gasteiger charge is 2.28. The van der Waals surface area contributed by atoms with Gasteiger partial charge in [0.15, 0.2) is 5.65 Å². The maximum atomic E-state index is 12.2. The average molecular weight is 457 g/mol. The van der Waals surface area contributed by atoms with Gasteiger partial charge in [0.05, 0.1) is 31.0 Å². The van der Waals surface area contributed by atoms with Crippen molar-refractivity contribution in [1.29, 1.82) is 0 Å². The lowest BCUT2D eigenvalue weighted by atomic mass is 9.97. The quantitative estimate of drug-likeness (QED) is 0.386. The maximum absolute atomic E-state index is 12.2. The molecule has 0 atom stereocenters. The Balaban J connectivity index is 1.53. The minimum atomic E-state index is -0.0899. The molecule has 5 rings (SSSR count). The van der Waals surface area contributed by atoms with Gasteiger partial charge in [-0.1, -0.05) is 30.3 Å². The third-order valence-corrected chi connectivity index (χ3v) is 6.30. The van der Waals surface area contributed by atoms with Crippen molar-refractivity contribution in [3.05, 3.63) is 66.7 Å². The Morgan fingerprint density at radius 1 is 0.971 bits per heavy atom. The van der Waals surface area contributed by atoms with E-state index in [0.717, 1.165) is 65.7 Å². The molecule has 0 aliphatic carbocycles. The lowest BCUT2D eigenvalue weighted by Crippen LogP contribution is -2.38. The molecule has 0 radical (unpaired) electrons. The highest BCUT2D eigenvalue weighted by atomic mass is 16.5. The summed E-state index contributed by atoms with van der Waals surface area (Å²) in [6.45, 7) is 3.79. The number of nitrogens with zero attached hydrogens (tertiary/aromatic N) is 4. The maximum Gasteiger partial charge on any atom is 0.309 e. The molecule has 0 unspecified atom stereocenters. The second-order valence-electron chi connectivity index (χ2n) is 8.41. The first-order valence-electron chi connectivity index (χ1n) is 11.7. The number of carbonyl (C=O) groups is 1. The number of hydrogen-bond donors (Lipinski definition) is 0. The summed E-state index contributed by atoms with van der Waals surface area (Å²) in [5, 5.41) is 4.91. The molecule has 1 fully saturated rings. The Hall–Kier alpha value is -3.87. The van der Waals surface area contributed by atoms with Crippen LogP contribution in [0, 0.1) is 5.92 Å². The van der Waals surface area contributed by atoms with Crippen LogP contribution in [-0.2, 0) is 9.53 Å². The number of hydrogen-bond acceptors (Lipinski definition) is 6. The molecule has 0 amide bonds. The van der Waals surface area contributed by atoms with E-state index >= 15 is 0 Å². The number of esters is 1. The molecule has 1 aliphatic rings. The molecule has 4 aromatic rings. The van der Waals surface area contributed by atoms with Crippen LogP contribution in [0.5, 0.6) is 5.75 Å². The highest BCUT2D eigenvalue weighted by molar-refractivity contribution is 5.74. The van der Waals surface area contributed by atoms with Crippen molar-refractivity contribution in [2.24, 2.45) is 5.92 Å². The first-order chi connectivity index (χ1) is 16.7. The van der Waals surface area contributed by atoms with Crippen molar-refractivity contribution in [3.8, 4) is 28.3 Å². The second kappa shape index (κ2) is 9.55. The third-order valence-electron chi connectivity index (χ3n) is 6.30. The van der Waals surface area contributed by atoms with E-state index in [2.05, 4.69) is 23.1 Å². The molecule has 0 N–H and O–H groups in total. The van der Waals surface area contributed by atoms with Crippen LogP contribution in [0.15, 0.2) is 66.7 Å². The van der Waals surface area contributed by atoms with E-state index in [1.54, 1.807) is 7.11 Å². The fraction of sp³-hybridized carbons (Fsp3) is 0.296. The molecule has 2 aromatic carbocycles. The average Bonchev–Trinajstić information content (AvgIpc) is 3.33. The summed E-state index contributed by atoms with van der Waals surface area (Å²) in [7, 11) is 1.66. The van der Waals surface area contributed by atoms with Gasteiger partial charge in [0.2, 0.25) is 0 Å². The van der Waals surface area contributed by atoms with Crippen LogP contribution < -0.4 is 9.64 Å².